The number of piperidine rings is 1. The molecule has 1 heterocycles. The molecule has 0 aromatic carbocycles. The molecule has 0 bridgehead atoms. The van der Waals surface area contributed by atoms with Crippen molar-refractivity contribution in [1.29, 1.82) is 0 Å². The van der Waals surface area contributed by atoms with Gasteiger partial charge in [0.05, 0.1) is 0 Å². The molecule has 1 aliphatic heterocycles. The van der Waals surface area contributed by atoms with E-state index < -0.39 is 0 Å². The molecule has 3 nitrogen and oxygen atoms in total. The Labute approximate surface area is 105 Å². The maximum atomic E-state index is 12.1. The summed E-state index contributed by atoms with van der Waals surface area (Å²) in [7, 11) is 0. The first-order valence-electron chi connectivity index (χ1n) is 7.31. The summed E-state index contributed by atoms with van der Waals surface area (Å²) in [4.78, 5) is 14.1. The van der Waals surface area contributed by atoms with Crippen LogP contribution in [0.1, 0.15) is 58.3 Å². The number of rotatable bonds is 1. The van der Waals surface area contributed by atoms with Crippen molar-refractivity contribution in [3.63, 3.8) is 0 Å². The third kappa shape index (κ3) is 3.90. The topological polar surface area (TPSA) is 32.3 Å². The number of hydrogen-bond acceptors (Lipinski definition) is 1. The van der Waals surface area contributed by atoms with Crippen LogP contribution in [0.3, 0.4) is 0 Å². The van der Waals surface area contributed by atoms with Crippen molar-refractivity contribution in [2.75, 3.05) is 13.1 Å². The molecule has 1 aliphatic carbocycles. The number of hydrogen-bond donors (Lipinski definition) is 1. The molecule has 2 amide bonds. The molecule has 2 atom stereocenters. The summed E-state index contributed by atoms with van der Waals surface area (Å²) in [5, 5.41) is 3.24. The average molecular weight is 238 g/mol. The quantitative estimate of drug-likeness (QED) is 0.699. The second-order valence-corrected chi connectivity index (χ2v) is 5.81. The number of likely N-dealkylation sites (tertiary alicyclic amines) is 1. The summed E-state index contributed by atoms with van der Waals surface area (Å²) >= 11 is 0. The van der Waals surface area contributed by atoms with E-state index in [0.717, 1.165) is 19.0 Å². The minimum Gasteiger partial charge on any atom is -0.335 e. The van der Waals surface area contributed by atoms with E-state index in [-0.39, 0.29) is 6.03 Å². The fraction of sp³-hybridized carbons (Fsp3) is 0.929. The highest BCUT2D eigenvalue weighted by molar-refractivity contribution is 5.74. The van der Waals surface area contributed by atoms with Gasteiger partial charge in [0.2, 0.25) is 0 Å². The lowest BCUT2D eigenvalue weighted by Crippen LogP contribution is -2.46. The van der Waals surface area contributed by atoms with E-state index in [9.17, 15) is 4.79 Å². The van der Waals surface area contributed by atoms with Gasteiger partial charge in [-0.25, -0.2) is 4.79 Å². The van der Waals surface area contributed by atoms with Crippen molar-refractivity contribution in [2.45, 2.75) is 64.3 Å². The molecule has 98 valence electrons. The van der Waals surface area contributed by atoms with E-state index in [1.165, 1.54) is 51.4 Å². The first-order chi connectivity index (χ1) is 8.25. The summed E-state index contributed by atoms with van der Waals surface area (Å²) < 4.78 is 0. The Kier molecular flexibility index (Phi) is 4.69. The lowest BCUT2D eigenvalue weighted by Gasteiger charge is -2.29. The van der Waals surface area contributed by atoms with E-state index >= 15 is 0 Å². The van der Waals surface area contributed by atoms with Crippen LogP contribution in [-0.4, -0.2) is 30.1 Å². The van der Waals surface area contributed by atoms with Gasteiger partial charge in [-0.3, -0.25) is 0 Å². The Bertz CT molecular complexity index is 249. The molecule has 2 rings (SSSR count). The number of nitrogens with one attached hydrogen (secondary N) is 1. The highest BCUT2D eigenvalue weighted by Gasteiger charge is 2.21. The monoisotopic (exact) mass is 238 g/mol. The number of nitrogens with zero attached hydrogens (tertiary/aromatic N) is 1. The van der Waals surface area contributed by atoms with Crippen molar-refractivity contribution in [3.05, 3.63) is 0 Å². The van der Waals surface area contributed by atoms with Crippen LogP contribution in [0, 0.1) is 5.92 Å². The Balaban J connectivity index is 1.76. The first kappa shape index (κ1) is 12.7. The summed E-state index contributed by atoms with van der Waals surface area (Å²) in [6.45, 7) is 4.23. The summed E-state index contributed by atoms with van der Waals surface area (Å²) in [5.74, 6) is 0.840. The molecule has 17 heavy (non-hydrogen) atoms. The SMILES string of the molecule is CC1CCCC(NC(=O)N2CCCCC2)CC1. The molecule has 0 spiro atoms. The van der Waals surface area contributed by atoms with E-state index in [1.54, 1.807) is 0 Å². The van der Waals surface area contributed by atoms with Gasteiger partial charge in [-0.05, 0) is 44.4 Å². The van der Waals surface area contributed by atoms with Crippen molar-refractivity contribution < 1.29 is 4.79 Å². The van der Waals surface area contributed by atoms with Gasteiger partial charge in [0.25, 0.3) is 0 Å². The zero-order chi connectivity index (χ0) is 12.1. The Morgan fingerprint density at radius 3 is 2.53 bits per heavy atom. The molecule has 1 saturated carbocycles. The predicted octanol–water partition coefficient (Wildman–Crippen LogP) is 3.15. The zero-order valence-electron chi connectivity index (χ0n) is 11.1. The number of carbonyl (C=O) groups is 1. The van der Waals surface area contributed by atoms with E-state index in [1.807, 2.05) is 4.90 Å². The predicted molar refractivity (Wildman–Crippen MR) is 70.0 cm³/mol. The lowest BCUT2D eigenvalue weighted by atomic mass is 10.0. The van der Waals surface area contributed by atoms with Gasteiger partial charge in [0.1, 0.15) is 0 Å². The van der Waals surface area contributed by atoms with Gasteiger partial charge in [0, 0.05) is 19.1 Å². The van der Waals surface area contributed by atoms with E-state index in [0.29, 0.717) is 6.04 Å². The molecular weight excluding hydrogens is 212 g/mol. The minimum atomic E-state index is 0.184. The molecule has 1 N–H and O–H groups in total. The normalized spacial score (nSPS) is 30.8. The summed E-state index contributed by atoms with van der Waals surface area (Å²) in [6, 6.07) is 0.610. The molecule has 2 aliphatic rings. The largest absolute Gasteiger partial charge is 0.335 e. The van der Waals surface area contributed by atoms with E-state index in [4.69, 9.17) is 0 Å². The third-order valence-corrected chi connectivity index (χ3v) is 4.23. The number of urea groups is 1. The van der Waals surface area contributed by atoms with Gasteiger partial charge in [-0.2, -0.15) is 0 Å². The highest BCUT2D eigenvalue weighted by Crippen LogP contribution is 2.22. The highest BCUT2D eigenvalue weighted by atomic mass is 16.2. The van der Waals surface area contributed by atoms with Crippen molar-refractivity contribution >= 4 is 6.03 Å². The first-order valence-corrected chi connectivity index (χ1v) is 7.31. The fourth-order valence-electron chi connectivity index (χ4n) is 2.99. The maximum Gasteiger partial charge on any atom is 0.317 e. The van der Waals surface area contributed by atoms with Crippen molar-refractivity contribution in [1.82, 2.24) is 10.2 Å². The summed E-state index contributed by atoms with van der Waals surface area (Å²) in [6.07, 6.45) is 9.84. The van der Waals surface area contributed by atoms with Crippen molar-refractivity contribution in [3.8, 4) is 0 Å². The molecule has 2 unspecified atom stereocenters. The smallest absolute Gasteiger partial charge is 0.317 e. The standard InChI is InChI=1S/C14H26N2O/c1-12-6-5-7-13(9-8-12)15-14(17)16-10-3-2-4-11-16/h12-13H,2-11H2,1H3,(H,15,17). The average Bonchev–Trinajstić information content (AvgIpc) is 2.56. The number of amides is 2. The van der Waals surface area contributed by atoms with E-state index in [2.05, 4.69) is 12.2 Å². The van der Waals surface area contributed by atoms with Gasteiger partial charge < -0.3 is 10.2 Å². The molecule has 0 aromatic heterocycles. The Morgan fingerprint density at radius 1 is 1.00 bits per heavy atom. The van der Waals surface area contributed by atoms with Crippen LogP contribution in [0.4, 0.5) is 4.79 Å². The third-order valence-electron chi connectivity index (χ3n) is 4.23. The molecule has 2 fully saturated rings. The molecule has 1 saturated heterocycles. The van der Waals surface area contributed by atoms with Crippen LogP contribution in [0.5, 0.6) is 0 Å². The van der Waals surface area contributed by atoms with Crippen LogP contribution in [0.15, 0.2) is 0 Å². The van der Waals surface area contributed by atoms with Gasteiger partial charge in [-0.15, -0.1) is 0 Å². The van der Waals surface area contributed by atoms with Crippen LogP contribution < -0.4 is 5.32 Å². The zero-order valence-corrected chi connectivity index (χ0v) is 11.1. The maximum absolute atomic E-state index is 12.1. The molecule has 0 radical (unpaired) electrons. The number of carbonyl (C=O) groups excluding carboxylic acids is 1. The second kappa shape index (κ2) is 6.27. The Hall–Kier alpha value is -0.730. The Morgan fingerprint density at radius 2 is 1.76 bits per heavy atom. The lowest BCUT2D eigenvalue weighted by molar-refractivity contribution is 0.181. The minimum absolute atomic E-state index is 0.184. The van der Waals surface area contributed by atoms with Gasteiger partial charge >= 0.3 is 6.03 Å². The van der Waals surface area contributed by atoms with Crippen LogP contribution in [0.2, 0.25) is 0 Å². The van der Waals surface area contributed by atoms with Crippen LogP contribution in [0.25, 0.3) is 0 Å². The fourth-order valence-corrected chi connectivity index (χ4v) is 2.99. The molecular formula is C14H26N2O. The molecule has 0 aromatic rings. The van der Waals surface area contributed by atoms with Gasteiger partial charge in [-0.1, -0.05) is 19.8 Å². The summed E-state index contributed by atoms with van der Waals surface area (Å²) in [5.41, 5.74) is 0. The second-order valence-electron chi connectivity index (χ2n) is 5.81. The van der Waals surface area contributed by atoms with Crippen LogP contribution in [-0.2, 0) is 0 Å². The van der Waals surface area contributed by atoms with Gasteiger partial charge in [0.15, 0.2) is 0 Å². The van der Waals surface area contributed by atoms with Crippen molar-refractivity contribution in [2.24, 2.45) is 5.92 Å². The molecule has 3 heteroatoms. The van der Waals surface area contributed by atoms with Crippen LogP contribution >= 0.6 is 0 Å².